The molecule has 0 radical (unpaired) electrons. The Bertz CT molecular complexity index is 912. The maximum absolute atomic E-state index is 12.5. The summed E-state index contributed by atoms with van der Waals surface area (Å²) < 4.78 is 0. The highest BCUT2D eigenvalue weighted by Crippen LogP contribution is 2.23. The van der Waals surface area contributed by atoms with Crippen molar-refractivity contribution < 1.29 is 14.4 Å². The largest absolute Gasteiger partial charge is 0.333 e. The van der Waals surface area contributed by atoms with Crippen molar-refractivity contribution >= 4 is 35.0 Å². The van der Waals surface area contributed by atoms with Gasteiger partial charge in [0.25, 0.3) is 5.91 Å². The molecule has 6 nitrogen and oxygen atoms in total. The first kappa shape index (κ1) is 19.9. The Kier molecular flexibility index (Phi) is 5.99. The first-order chi connectivity index (χ1) is 13.4. The molecule has 1 aliphatic rings. The number of halogens is 1. The van der Waals surface area contributed by atoms with Crippen molar-refractivity contribution in [3.8, 4) is 0 Å². The molecule has 28 heavy (non-hydrogen) atoms. The van der Waals surface area contributed by atoms with Crippen LogP contribution < -0.4 is 5.32 Å². The Morgan fingerprint density at radius 1 is 1.04 bits per heavy atom. The van der Waals surface area contributed by atoms with E-state index in [9.17, 15) is 14.4 Å². The van der Waals surface area contributed by atoms with E-state index in [0.29, 0.717) is 42.5 Å². The normalized spacial score (nSPS) is 14.4. The molecule has 0 spiro atoms. The predicted molar refractivity (Wildman–Crippen MR) is 108 cm³/mol. The topological polar surface area (TPSA) is 69.7 Å². The summed E-state index contributed by atoms with van der Waals surface area (Å²) >= 11 is 6.09. The van der Waals surface area contributed by atoms with Crippen molar-refractivity contribution in [2.24, 2.45) is 0 Å². The highest BCUT2D eigenvalue weighted by molar-refractivity contribution is 6.35. The Balaban J connectivity index is 1.65. The molecule has 3 rings (SSSR count). The van der Waals surface area contributed by atoms with E-state index in [-0.39, 0.29) is 5.91 Å². The second kappa shape index (κ2) is 8.44. The number of nitrogens with one attached hydrogen (secondary N) is 1. The molecule has 7 heteroatoms. The lowest BCUT2D eigenvalue weighted by atomic mass is 10.1. The van der Waals surface area contributed by atoms with Crippen LogP contribution in [-0.4, -0.2) is 47.2 Å². The van der Waals surface area contributed by atoms with Gasteiger partial charge in [0.2, 0.25) is 0 Å². The van der Waals surface area contributed by atoms with Crippen molar-refractivity contribution in [1.29, 1.82) is 0 Å². The molecule has 3 amide bonds. The maximum atomic E-state index is 12.5. The zero-order valence-corrected chi connectivity index (χ0v) is 16.6. The van der Waals surface area contributed by atoms with Gasteiger partial charge in [0.1, 0.15) is 0 Å². The average molecular weight is 400 g/mol. The van der Waals surface area contributed by atoms with E-state index >= 15 is 0 Å². The molecule has 2 aromatic rings. The number of likely N-dealkylation sites (N-methyl/N-ethyl adjacent to an activating group) is 1. The molecule has 1 N–H and O–H groups in total. The number of hydrogen-bond acceptors (Lipinski definition) is 3. The third-order valence-electron chi connectivity index (χ3n) is 4.88. The lowest BCUT2D eigenvalue weighted by Crippen LogP contribution is -2.53. The summed E-state index contributed by atoms with van der Waals surface area (Å²) in [6, 6.07) is 12.4. The molecule has 0 atom stereocenters. The van der Waals surface area contributed by atoms with Gasteiger partial charge in [-0.15, -0.1) is 0 Å². The molecule has 1 saturated heterocycles. The van der Waals surface area contributed by atoms with Crippen LogP contribution in [0.15, 0.2) is 42.5 Å². The van der Waals surface area contributed by atoms with Gasteiger partial charge in [0.15, 0.2) is 0 Å². The quantitative estimate of drug-likeness (QED) is 0.785. The van der Waals surface area contributed by atoms with E-state index in [2.05, 4.69) is 5.32 Å². The summed E-state index contributed by atoms with van der Waals surface area (Å²) in [7, 11) is 0. The number of carbonyl (C=O) groups excluding carboxylic acids is 3. The zero-order chi connectivity index (χ0) is 20.3. The number of hydrogen-bond donors (Lipinski definition) is 1. The summed E-state index contributed by atoms with van der Waals surface area (Å²) in [5.74, 6) is -1.17. The Morgan fingerprint density at radius 3 is 2.36 bits per heavy atom. The third kappa shape index (κ3) is 4.17. The molecule has 1 aliphatic heterocycles. The number of amides is 3. The van der Waals surface area contributed by atoms with E-state index < -0.39 is 11.8 Å². The fraction of sp³-hybridized carbons (Fsp3) is 0.286. The SMILES string of the molecule is CCN1CCN(Cc2ccc(C(=O)Nc3cccc(Cl)c3C)cc2)C(=O)C1=O. The van der Waals surface area contributed by atoms with Crippen LogP contribution in [0.3, 0.4) is 0 Å². The second-order valence-corrected chi connectivity index (χ2v) is 7.08. The van der Waals surface area contributed by atoms with E-state index in [1.54, 1.807) is 52.3 Å². The fourth-order valence-corrected chi connectivity index (χ4v) is 3.26. The number of carbonyl (C=O) groups is 3. The van der Waals surface area contributed by atoms with E-state index in [4.69, 9.17) is 11.6 Å². The van der Waals surface area contributed by atoms with Gasteiger partial charge in [-0.05, 0) is 49.2 Å². The second-order valence-electron chi connectivity index (χ2n) is 6.67. The molecule has 1 fully saturated rings. The molecular formula is C21H22ClN3O3. The van der Waals surface area contributed by atoms with Gasteiger partial charge >= 0.3 is 11.8 Å². The molecular weight excluding hydrogens is 378 g/mol. The van der Waals surface area contributed by atoms with Crippen molar-refractivity contribution in [2.75, 3.05) is 25.0 Å². The van der Waals surface area contributed by atoms with Gasteiger partial charge in [0.05, 0.1) is 0 Å². The molecule has 0 aliphatic carbocycles. The fourth-order valence-electron chi connectivity index (χ4n) is 3.09. The molecule has 0 aromatic heterocycles. The summed E-state index contributed by atoms with van der Waals surface area (Å²) in [5.41, 5.74) is 2.84. The van der Waals surface area contributed by atoms with Gasteiger partial charge in [-0.1, -0.05) is 29.8 Å². The van der Waals surface area contributed by atoms with Crippen LogP contribution in [0.25, 0.3) is 0 Å². The zero-order valence-electron chi connectivity index (χ0n) is 15.9. The van der Waals surface area contributed by atoms with Crippen LogP contribution in [0.1, 0.15) is 28.4 Å². The first-order valence-electron chi connectivity index (χ1n) is 9.14. The van der Waals surface area contributed by atoms with E-state index in [1.807, 2.05) is 13.8 Å². The Morgan fingerprint density at radius 2 is 1.68 bits per heavy atom. The molecule has 0 bridgehead atoms. The first-order valence-corrected chi connectivity index (χ1v) is 9.52. The number of benzene rings is 2. The van der Waals surface area contributed by atoms with Gasteiger partial charge < -0.3 is 15.1 Å². The maximum Gasteiger partial charge on any atom is 0.312 e. The third-order valence-corrected chi connectivity index (χ3v) is 5.29. The smallest absolute Gasteiger partial charge is 0.312 e. The standard InChI is InChI=1S/C21H22ClN3O3/c1-3-24-11-12-25(21(28)20(24)27)13-15-7-9-16(10-8-15)19(26)23-18-6-4-5-17(22)14(18)2/h4-10H,3,11-13H2,1-2H3,(H,23,26). The number of rotatable bonds is 5. The average Bonchev–Trinajstić information content (AvgIpc) is 2.70. The summed E-state index contributed by atoms with van der Waals surface area (Å²) in [6.45, 7) is 5.63. The van der Waals surface area contributed by atoms with Crippen LogP contribution >= 0.6 is 11.6 Å². The van der Waals surface area contributed by atoms with Crippen molar-refractivity contribution in [2.45, 2.75) is 20.4 Å². The lowest BCUT2D eigenvalue weighted by molar-refractivity contribution is -0.156. The minimum absolute atomic E-state index is 0.236. The number of nitrogens with zero attached hydrogens (tertiary/aromatic N) is 2. The molecule has 0 unspecified atom stereocenters. The molecule has 0 saturated carbocycles. The van der Waals surface area contributed by atoms with Crippen LogP contribution in [0.5, 0.6) is 0 Å². The Hall–Kier alpha value is -2.86. The van der Waals surface area contributed by atoms with Crippen molar-refractivity contribution in [1.82, 2.24) is 9.80 Å². The van der Waals surface area contributed by atoms with Gasteiger partial charge in [-0.3, -0.25) is 14.4 Å². The summed E-state index contributed by atoms with van der Waals surface area (Å²) in [5, 5.41) is 3.45. The monoisotopic (exact) mass is 399 g/mol. The summed E-state index contributed by atoms with van der Waals surface area (Å²) in [4.78, 5) is 39.8. The number of piperazine rings is 1. The van der Waals surface area contributed by atoms with Crippen LogP contribution in [0.2, 0.25) is 5.02 Å². The van der Waals surface area contributed by atoms with Crippen LogP contribution in [0.4, 0.5) is 5.69 Å². The van der Waals surface area contributed by atoms with Crippen molar-refractivity contribution in [3.05, 3.63) is 64.2 Å². The molecule has 2 aromatic carbocycles. The molecule has 146 valence electrons. The van der Waals surface area contributed by atoms with Crippen LogP contribution in [-0.2, 0) is 16.1 Å². The van der Waals surface area contributed by atoms with E-state index in [1.165, 1.54) is 0 Å². The predicted octanol–water partition coefficient (Wildman–Crippen LogP) is 3.09. The van der Waals surface area contributed by atoms with Gasteiger partial charge in [-0.25, -0.2) is 0 Å². The van der Waals surface area contributed by atoms with Crippen molar-refractivity contribution in [3.63, 3.8) is 0 Å². The van der Waals surface area contributed by atoms with Crippen LogP contribution in [0, 0.1) is 6.92 Å². The Labute approximate surface area is 169 Å². The minimum Gasteiger partial charge on any atom is -0.333 e. The van der Waals surface area contributed by atoms with Gasteiger partial charge in [-0.2, -0.15) is 0 Å². The summed E-state index contributed by atoms with van der Waals surface area (Å²) in [6.07, 6.45) is 0. The van der Waals surface area contributed by atoms with Gasteiger partial charge in [0, 0.05) is 42.5 Å². The highest BCUT2D eigenvalue weighted by atomic mass is 35.5. The lowest BCUT2D eigenvalue weighted by Gasteiger charge is -2.33. The number of anilines is 1. The molecule has 1 heterocycles. The minimum atomic E-state index is -0.480. The highest BCUT2D eigenvalue weighted by Gasteiger charge is 2.31. The van der Waals surface area contributed by atoms with E-state index in [0.717, 1.165) is 11.1 Å².